The van der Waals surface area contributed by atoms with Crippen molar-refractivity contribution >= 4 is 11.0 Å². The Kier molecular flexibility index (Phi) is 3.52. The number of fused-ring (bicyclic) bond motifs is 1. The Morgan fingerprint density at radius 2 is 2.05 bits per heavy atom. The SMILES string of the molecule is CCn1nc(C)c([C@@H](C)n2cnc3cccnc3c2=O)c1C. The van der Waals surface area contributed by atoms with Crippen LogP contribution < -0.4 is 5.56 Å². The van der Waals surface area contributed by atoms with Crippen molar-refractivity contribution in [3.8, 4) is 0 Å². The van der Waals surface area contributed by atoms with E-state index in [0.29, 0.717) is 11.0 Å². The van der Waals surface area contributed by atoms with Crippen LogP contribution in [0.2, 0.25) is 0 Å². The van der Waals surface area contributed by atoms with E-state index in [1.165, 1.54) is 0 Å². The van der Waals surface area contributed by atoms with Crippen molar-refractivity contribution in [3.63, 3.8) is 0 Å². The van der Waals surface area contributed by atoms with Crippen LogP contribution in [0.5, 0.6) is 0 Å². The van der Waals surface area contributed by atoms with Gasteiger partial charge in [-0.3, -0.25) is 14.0 Å². The fraction of sp³-hybridized carbons (Fsp3) is 0.375. The molecule has 3 aromatic rings. The third-order valence-corrected chi connectivity index (χ3v) is 4.12. The van der Waals surface area contributed by atoms with Gasteiger partial charge in [-0.2, -0.15) is 5.10 Å². The first-order chi connectivity index (χ1) is 10.5. The molecule has 0 aliphatic rings. The summed E-state index contributed by atoms with van der Waals surface area (Å²) in [5.41, 5.74) is 3.99. The number of hydrogen-bond donors (Lipinski definition) is 0. The summed E-state index contributed by atoms with van der Waals surface area (Å²) in [6.45, 7) is 8.87. The van der Waals surface area contributed by atoms with Crippen LogP contribution in [0.25, 0.3) is 11.0 Å². The van der Waals surface area contributed by atoms with Crippen LogP contribution in [-0.2, 0) is 6.54 Å². The lowest BCUT2D eigenvalue weighted by Crippen LogP contribution is -2.25. The molecule has 0 saturated heterocycles. The highest BCUT2D eigenvalue weighted by Crippen LogP contribution is 2.24. The second kappa shape index (κ2) is 5.36. The van der Waals surface area contributed by atoms with E-state index in [1.54, 1.807) is 29.2 Å². The quantitative estimate of drug-likeness (QED) is 0.743. The van der Waals surface area contributed by atoms with Gasteiger partial charge in [0.05, 0.1) is 23.6 Å². The Labute approximate surface area is 128 Å². The summed E-state index contributed by atoms with van der Waals surface area (Å²) in [7, 11) is 0. The van der Waals surface area contributed by atoms with Gasteiger partial charge in [0, 0.05) is 24.0 Å². The Morgan fingerprint density at radius 3 is 2.73 bits per heavy atom. The molecule has 0 saturated carbocycles. The molecule has 6 nitrogen and oxygen atoms in total. The highest BCUT2D eigenvalue weighted by molar-refractivity contribution is 5.72. The van der Waals surface area contributed by atoms with E-state index in [9.17, 15) is 4.79 Å². The summed E-state index contributed by atoms with van der Waals surface area (Å²) < 4.78 is 3.59. The van der Waals surface area contributed by atoms with Gasteiger partial charge in [0.2, 0.25) is 0 Å². The van der Waals surface area contributed by atoms with Gasteiger partial charge in [-0.1, -0.05) is 0 Å². The summed E-state index contributed by atoms with van der Waals surface area (Å²) in [5, 5.41) is 4.53. The van der Waals surface area contributed by atoms with Crippen LogP contribution in [0.15, 0.2) is 29.5 Å². The van der Waals surface area contributed by atoms with Crippen molar-refractivity contribution in [2.45, 2.75) is 40.3 Å². The number of aromatic nitrogens is 5. The Bertz CT molecular complexity index is 893. The molecular formula is C16H19N5O. The largest absolute Gasteiger partial charge is 0.290 e. The summed E-state index contributed by atoms with van der Waals surface area (Å²) in [6, 6.07) is 3.44. The van der Waals surface area contributed by atoms with Gasteiger partial charge in [-0.25, -0.2) is 9.97 Å². The van der Waals surface area contributed by atoms with Crippen molar-refractivity contribution in [1.82, 2.24) is 24.3 Å². The first-order valence-corrected chi connectivity index (χ1v) is 7.40. The van der Waals surface area contributed by atoms with Gasteiger partial charge < -0.3 is 0 Å². The zero-order chi connectivity index (χ0) is 15.9. The molecule has 0 radical (unpaired) electrons. The molecule has 6 heteroatoms. The Morgan fingerprint density at radius 1 is 1.27 bits per heavy atom. The van der Waals surface area contributed by atoms with E-state index >= 15 is 0 Å². The molecule has 3 heterocycles. The maximum atomic E-state index is 12.7. The normalized spacial score (nSPS) is 12.7. The molecule has 1 atom stereocenters. The summed E-state index contributed by atoms with van der Waals surface area (Å²) in [6.07, 6.45) is 3.21. The molecule has 0 aliphatic heterocycles. The molecule has 0 fully saturated rings. The average Bonchev–Trinajstić information content (AvgIpc) is 2.81. The minimum atomic E-state index is -0.133. The minimum Gasteiger partial charge on any atom is -0.290 e. The summed E-state index contributed by atoms with van der Waals surface area (Å²) >= 11 is 0. The van der Waals surface area contributed by atoms with E-state index in [2.05, 4.69) is 22.0 Å². The number of pyridine rings is 1. The monoisotopic (exact) mass is 297 g/mol. The minimum absolute atomic E-state index is 0.124. The Balaban J connectivity index is 2.18. The van der Waals surface area contributed by atoms with Crippen LogP contribution in [-0.4, -0.2) is 24.3 Å². The molecule has 3 aromatic heterocycles. The lowest BCUT2D eigenvalue weighted by Gasteiger charge is -2.16. The molecule has 3 rings (SSSR count). The molecule has 0 aliphatic carbocycles. The van der Waals surface area contributed by atoms with Gasteiger partial charge in [-0.15, -0.1) is 0 Å². The average molecular weight is 297 g/mol. The number of hydrogen-bond acceptors (Lipinski definition) is 4. The fourth-order valence-corrected chi connectivity index (χ4v) is 3.00. The first-order valence-electron chi connectivity index (χ1n) is 7.40. The zero-order valence-electron chi connectivity index (χ0n) is 13.2. The number of aryl methyl sites for hydroxylation is 2. The van der Waals surface area contributed by atoms with Crippen LogP contribution in [0.3, 0.4) is 0 Å². The van der Waals surface area contributed by atoms with Crippen LogP contribution >= 0.6 is 0 Å². The lowest BCUT2D eigenvalue weighted by molar-refractivity contribution is 0.595. The van der Waals surface area contributed by atoms with Crippen molar-refractivity contribution in [1.29, 1.82) is 0 Å². The van der Waals surface area contributed by atoms with E-state index in [4.69, 9.17) is 0 Å². The van der Waals surface area contributed by atoms with E-state index in [-0.39, 0.29) is 11.6 Å². The molecule has 22 heavy (non-hydrogen) atoms. The van der Waals surface area contributed by atoms with E-state index < -0.39 is 0 Å². The number of nitrogens with zero attached hydrogens (tertiary/aromatic N) is 5. The molecule has 0 bridgehead atoms. The van der Waals surface area contributed by atoms with Gasteiger partial charge >= 0.3 is 0 Å². The van der Waals surface area contributed by atoms with Crippen LogP contribution in [0.1, 0.15) is 36.8 Å². The standard InChI is InChI=1S/C16H19N5O/c1-5-21-12(4)14(10(2)19-21)11(3)20-9-18-13-7-6-8-17-15(13)16(20)22/h6-9,11H,5H2,1-4H3/t11-/m1/s1. The topological polar surface area (TPSA) is 65.6 Å². The lowest BCUT2D eigenvalue weighted by atomic mass is 10.1. The van der Waals surface area contributed by atoms with Crippen molar-refractivity contribution in [2.75, 3.05) is 0 Å². The number of rotatable bonds is 3. The zero-order valence-corrected chi connectivity index (χ0v) is 13.2. The second-order valence-electron chi connectivity index (χ2n) is 5.40. The summed E-state index contributed by atoms with van der Waals surface area (Å²) in [5.74, 6) is 0. The predicted molar refractivity (Wildman–Crippen MR) is 85.0 cm³/mol. The van der Waals surface area contributed by atoms with Crippen LogP contribution in [0, 0.1) is 13.8 Å². The van der Waals surface area contributed by atoms with E-state index in [1.807, 2.05) is 25.5 Å². The third kappa shape index (κ3) is 2.11. The Hall–Kier alpha value is -2.50. The van der Waals surface area contributed by atoms with E-state index in [0.717, 1.165) is 23.5 Å². The van der Waals surface area contributed by atoms with Gasteiger partial charge in [-0.05, 0) is 39.8 Å². The van der Waals surface area contributed by atoms with Gasteiger partial charge in [0.25, 0.3) is 5.56 Å². The first kappa shape index (κ1) is 14.4. The maximum absolute atomic E-state index is 12.7. The molecule has 0 spiro atoms. The molecule has 0 amide bonds. The third-order valence-electron chi connectivity index (χ3n) is 4.12. The molecule has 0 aromatic carbocycles. The predicted octanol–water partition coefficient (Wildman–Crippen LogP) is 2.23. The summed E-state index contributed by atoms with van der Waals surface area (Å²) in [4.78, 5) is 21.2. The molecule has 114 valence electrons. The highest BCUT2D eigenvalue weighted by Gasteiger charge is 2.20. The molecule has 0 unspecified atom stereocenters. The van der Waals surface area contributed by atoms with Gasteiger partial charge in [0.15, 0.2) is 5.52 Å². The maximum Gasteiger partial charge on any atom is 0.280 e. The second-order valence-corrected chi connectivity index (χ2v) is 5.40. The van der Waals surface area contributed by atoms with Crippen molar-refractivity contribution < 1.29 is 0 Å². The smallest absolute Gasteiger partial charge is 0.280 e. The van der Waals surface area contributed by atoms with Crippen molar-refractivity contribution in [2.24, 2.45) is 0 Å². The van der Waals surface area contributed by atoms with Gasteiger partial charge in [0.1, 0.15) is 0 Å². The van der Waals surface area contributed by atoms with Crippen LogP contribution in [0.4, 0.5) is 0 Å². The fourth-order valence-electron chi connectivity index (χ4n) is 3.00. The molecule has 0 N–H and O–H groups in total. The highest BCUT2D eigenvalue weighted by atomic mass is 16.1. The molecular weight excluding hydrogens is 278 g/mol. The van der Waals surface area contributed by atoms with Crippen molar-refractivity contribution in [3.05, 3.63) is 52.0 Å².